The van der Waals surface area contributed by atoms with Crippen molar-refractivity contribution < 1.29 is 24.2 Å². The first kappa shape index (κ1) is 15.5. The average Bonchev–Trinajstić information content (AvgIpc) is 3.01. The second-order valence-corrected chi connectivity index (χ2v) is 5.37. The molecule has 2 N–H and O–H groups in total. The number of carboxylic acid groups (broad SMARTS) is 2. The van der Waals surface area contributed by atoms with Gasteiger partial charge in [-0.3, -0.25) is 4.90 Å². The fraction of sp³-hybridized carbons (Fsp3) is 0.462. The molecule has 114 valence electrons. The second-order valence-electron chi connectivity index (χ2n) is 4.91. The van der Waals surface area contributed by atoms with Crippen LogP contribution in [-0.2, 0) is 9.59 Å². The fourth-order valence-electron chi connectivity index (χ4n) is 2.75. The van der Waals surface area contributed by atoms with Gasteiger partial charge in [-0.15, -0.1) is 0 Å². The molecule has 1 aromatic heterocycles. The molecule has 2 aliphatic heterocycles. The van der Waals surface area contributed by atoms with Crippen LogP contribution in [0.3, 0.4) is 0 Å². The third kappa shape index (κ3) is 3.25. The highest BCUT2D eigenvalue weighted by molar-refractivity contribution is 6.33. The van der Waals surface area contributed by atoms with E-state index in [0.29, 0.717) is 12.1 Å². The van der Waals surface area contributed by atoms with E-state index in [-0.39, 0.29) is 0 Å². The zero-order valence-electron chi connectivity index (χ0n) is 11.3. The minimum atomic E-state index is -1.82. The minimum absolute atomic E-state index is 0.421. The van der Waals surface area contributed by atoms with Crippen LogP contribution in [0.1, 0.15) is 25.0 Å². The first-order valence-electron chi connectivity index (χ1n) is 6.37. The Labute approximate surface area is 125 Å². The molecule has 7 nitrogen and oxygen atoms in total. The van der Waals surface area contributed by atoms with E-state index in [4.69, 9.17) is 35.8 Å². The lowest BCUT2D eigenvalue weighted by Crippen LogP contribution is -2.36. The van der Waals surface area contributed by atoms with Gasteiger partial charge in [-0.05, 0) is 26.3 Å². The molecule has 1 aromatic rings. The average molecular weight is 315 g/mol. The predicted molar refractivity (Wildman–Crippen MR) is 73.7 cm³/mol. The van der Waals surface area contributed by atoms with Crippen molar-refractivity contribution in [1.29, 1.82) is 0 Å². The number of fused-ring (bicyclic) bond motifs is 2. The fourth-order valence-corrected chi connectivity index (χ4v) is 3.15. The summed E-state index contributed by atoms with van der Waals surface area (Å²) >= 11 is 6.33. The van der Waals surface area contributed by atoms with E-state index in [0.717, 1.165) is 22.8 Å². The molecule has 21 heavy (non-hydrogen) atoms. The maximum Gasteiger partial charge on any atom is 0.414 e. The van der Waals surface area contributed by atoms with Gasteiger partial charge in [0.15, 0.2) is 12.2 Å². The number of likely N-dealkylation sites (N-methyl/N-ethyl adjacent to an activating group) is 1. The minimum Gasteiger partial charge on any atom is -0.473 e. The highest BCUT2D eigenvalue weighted by Gasteiger charge is 2.40. The molecule has 0 aliphatic carbocycles. The first-order chi connectivity index (χ1) is 9.91. The van der Waals surface area contributed by atoms with Gasteiger partial charge < -0.3 is 14.6 Å². The zero-order valence-corrected chi connectivity index (χ0v) is 12.1. The number of aliphatic carboxylic acids is 2. The van der Waals surface area contributed by atoms with Gasteiger partial charge in [0.2, 0.25) is 0 Å². The summed E-state index contributed by atoms with van der Waals surface area (Å²) in [5.74, 6) is -2.82. The number of halogens is 1. The van der Waals surface area contributed by atoms with Crippen LogP contribution in [0.4, 0.5) is 0 Å². The van der Waals surface area contributed by atoms with Crippen LogP contribution < -0.4 is 0 Å². The summed E-state index contributed by atoms with van der Waals surface area (Å²) in [6.07, 6.45) is 6.57. The number of aromatic nitrogens is 1. The molecule has 2 aliphatic rings. The molecule has 8 heteroatoms. The summed E-state index contributed by atoms with van der Waals surface area (Å²) in [6.45, 7) is 0. The van der Waals surface area contributed by atoms with Crippen LogP contribution in [0, 0.1) is 0 Å². The van der Waals surface area contributed by atoms with Crippen molar-refractivity contribution in [3.05, 3.63) is 23.4 Å². The number of hydrogen-bond donors (Lipinski definition) is 2. The molecular formula is C13H15ClN2O5. The summed E-state index contributed by atoms with van der Waals surface area (Å²) in [7, 11) is 2.17. The van der Waals surface area contributed by atoms with Gasteiger partial charge in [0.25, 0.3) is 0 Å². The van der Waals surface area contributed by atoms with E-state index in [1.165, 1.54) is 19.2 Å². The number of hydrogen-bond acceptors (Lipinski definition) is 5. The molecule has 0 saturated carbocycles. The number of oxazole rings is 1. The molecule has 2 bridgehead atoms. The van der Waals surface area contributed by atoms with E-state index in [1.807, 2.05) is 0 Å². The SMILES string of the molecule is CN1C2CCC1C(c1cnco1)=C(Cl)C2.O=C(O)C(=O)O. The highest BCUT2D eigenvalue weighted by atomic mass is 35.5. The molecular weight excluding hydrogens is 300 g/mol. The predicted octanol–water partition coefficient (Wildman–Crippen LogP) is 1.65. The van der Waals surface area contributed by atoms with Gasteiger partial charge >= 0.3 is 11.9 Å². The van der Waals surface area contributed by atoms with Crippen molar-refractivity contribution in [2.24, 2.45) is 0 Å². The summed E-state index contributed by atoms with van der Waals surface area (Å²) in [6, 6.07) is 1.04. The lowest BCUT2D eigenvalue weighted by atomic mass is 10.00. The second kappa shape index (κ2) is 6.28. The van der Waals surface area contributed by atoms with Crippen molar-refractivity contribution >= 4 is 29.1 Å². The smallest absolute Gasteiger partial charge is 0.414 e. The third-order valence-electron chi connectivity index (χ3n) is 3.76. The number of nitrogens with zero attached hydrogens (tertiary/aromatic N) is 2. The van der Waals surface area contributed by atoms with Gasteiger partial charge in [0.1, 0.15) is 0 Å². The quantitative estimate of drug-likeness (QED) is 0.759. The molecule has 2 atom stereocenters. The van der Waals surface area contributed by atoms with Crippen LogP contribution in [0.25, 0.3) is 5.57 Å². The molecule has 0 amide bonds. The van der Waals surface area contributed by atoms with Crippen molar-refractivity contribution in [3.63, 3.8) is 0 Å². The lowest BCUT2D eigenvalue weighted by molar-refractivity contribution is -0.159. The monoisotopic (exact) mass is 314 g/mol. The van der Waals surface area contributed by atoms with Crippen LogP contribution in [0.15, 0.2) is 22.0 Å². The standard InChI is InChI=1S/C11H13ClN2O.C2H2O4/c1-14-7-2-3-9(14)11(8(12)4-7)10-5-13-6-15-10;3-1(4)2(5)6/h5-7,9H,2-4H2,1H3;(H,3,4)(H,5,6). The van der Waals surface area contributed by atoms with E-state index in [9.17, 15) is 0 Å². The van der Waals surface area contributed by atoms with E-state index >= 15 is 0 Å². The Kier molecular flexibility index (Phi) is 4.64. The molecule has 1 saturated heterocycles. The normalized spacial score (nSPS) is 24.5. The summed E-state index contributed by atoms with van der Waals surface area (Å²) in [4.78, 5) is 24.6. The summed E-state index contributed by atoms with van der Waals surface area (Å²) in [5, 5.41) is 15.7. The summed E-state index contributed by atoms with van der Waals surface area (Å²) < 4.78 is 5.36. The molecule has 0 spiro atoms. The lowest BCUT2D eigenvalue weighted by Gasteiger charge is -2.32. The van der Waals surface area contributed by atoms with Crippen molar-refractivity contribution in [2.45, 2.75) is 31.3 Å². The van der Waals surface area contributed by atoms with Crippen LogP contribution in [0.5, 0.6) is 0 Å². The van der Waals surface area contributed by atoms with E-state index < -0.39 is 11.9 Å². The Morgan fingerprint density at radius 3 is 2.57 bits per heavy atom. The van der Waals surface area contributed by atoms with E-state index in [2.05, 4.69) is 16.9 Å². The van der Waals surface area contributed by atoms with Crippen LogP contribution in [-0.4, -0.2) is 51.2 Å². The number of rotatable bonds is 1. The topological polar surface area (TPSA) is 104 Å². The van der Waals surface area contributed by atoms with Crippen LogP contribution in [0.2, 0.25) is 0 Å². The van der Waals surface area contributed by atoms with Crippen LogP contribution >= 0.6 is 11.6 Å². The Balaban J connectivity index is 0.000000232. The molecule has 2 unspecified atom stereocenters. The van der Waals surface area contributed by atoms with Gasteiger partial charge in [-0.2, -0.15) is 0 Å². The Hall–Kier alpha value is -1.86. The molecule has 3 heterocycles. The van der Waals surface area contributed by atoms with Crippen molar-refractivity contribution in [2.75, 3.05) is 7.05 Å². The Morgan fingerprint density at radius 2 is 2.05 bits per heavy atom. The molecule has 0 radical (unpaired) electrons. The van der Waals surface area contributed by atoms with Crippen molar-refractivity contribution in [3.8, 4) is 0 Å². The maximum absolute atomic E-state index is 9.10. The third-order valence-corrected chi connectivity index (χ3v) is 4.12. The van der Waals surface area contributed by atoms with Gasteiger partial charge in [0, 0.05) is 22.7 Å². The van der Waals surface area contributed by atoms with Gasteiger partial charge in [-0.25, -0.2) is 14.6 Å². The molecule has 3 rings (SSSR count). The van der Waals surface area contributed by atoms with Crippen molar-refractivity contribution in [1.82, 2.24) is 9.88 Å². The largest absolute Gasteiger partial charge is 0.473 e. The first-order valence-corrected chi connectivity index (χ1v) is 6.75. The van der Waals surface area contributed by atoms with Gasteiger partial charge in [0.05, 0.1) is 6.20 Å². The number of carbonyl (C=O) groups is 2. The van der Waals surface area contributed by atoms with E-state index in [1.54, 1.807) is 6.20 Å². The Morgan fingerprint density at radius 1 is 1.38 bits per heavy atom. The maximum atomic E-state index is 9.10. The molecule has 1 fully saturated rings. The highest BCUT2D eigenvalue weighted by Crippen LogP contribution is 2.43. The van der Waals surface area contributed by atoms with Gasteiger partial charge in [-0.1, -0.05) is 11.6 Å². The molecule has 0 aromatic carbocycles. The Bertz CT molecular complexity index is 557. The number of carboxylic acids is 2. The zero-order chi connectivity index (χ0) is 15.6. The summed E-state index contributed by atoms with van der Waals surface area (Å²) in [5.41, 5.74) is 1.14.